The van der Waals surface area contributed by atoms with Crippen molar-refractivity contribution in [1.29, 1.82) is 0 Å². The van der Waals surface area contributed by atoms with Gasteiger partial charge in [0.2, 0.25) is 5.91 Å². The molecule has 3 aromatic rings. The van der Waals surface area contributed by atoms with Gasteiger partial charge in [-0.1, -0.05) is 36.4 Å². The van der Waals surface area contributed by atoms with Crippen LogP contribution in [-0.2, 0) is 4.79 Å². The zero-order valence-electron chi connectivity index (χ0n) is 18.0. The summed E-state index contributed by atoms with van der Waals surface area (Å²) in [5, 5.41) is 3.28. The Balaban J connectivity index is 1.56. The van der Waals surface area contributed by atoms with Crippen molar-refractivity contribution >= 4 is 23.6 Å². The van der Waals surface area contributed by atoms with Crippen LogP contribution < -0.4 is 5.32 Å². The second-order valence-electron chi connectivity index (χ2n) is 7.83. The van der Waals surface area contributed by atoms with Crippen LogP contribution >= 0.6 is 0 Å². The molecular formula is C25H27N5O. The van der Waals surface area contributed by atoms with Crippen LogP contribution in [0.15, 0.2) is 60.7 Å². The summed E-state index contributed by atoms with van der Waals surface area (Å²) >= 11 is 0. The first kappa shape index (κ1) is 20.7. The van der Waals surface area contributed by atoms with E-state index in [1.54, 1.807) is 6.08 Å². The molecule has 0 radical (unpaired) electrons. The Morgan fingerprint density at radius 2 is 1.81 bits per heavy atom. The molecule has 2 aromatic heterocycles. The van der Waals surface area contributed by atoms with Crippen LogP contribution in [0.1, 0.15) is 48.1 Å². The largest absolute Gasteiger partial charge is 0.329 e. The number of anilines is 2. The normalized spacial score (nSPS) is 16.5. The predicted molar refractivity (Wildman–Crippen MR) is 123 cm³/mol. The summed E-state index contributed by atoms with van der Waals surface area (Å²) in [6, 6.07) is 17.5. The first-order valence-electron chi connectivity index (χ1n) is 10.7. The van der Waals surface area contributed by atoms with Crippen molar-refractivity contribution < 1.29 is 4.79 Å². The van der Waals surface area contributed by atoms with Crippen LogP contribution in [0.4, 0.5) is 11.6 Å². The lowest BCUT2D eigenvalue weighted by atomic mass is 10.0. The smallest absolute Gasteiger partial charge is 0.247 e. The van der Waals surface area contributed by atoms with Gasteiger partial charge in [0.1, 0.15) is 11.6 Å². The summed E-state index contributed by atoms with van der Waals surface area (Å²) < 4.78 is 0. The second kappa shape index (κ2) is 9.51. The number of hydrogen-bond acceptors (Lipinski definition) is 5. The molecule has 1 aliphatic rings. The molecule has 158 valence electrons. The zero-order chi connectivity index (χ0) is 21.6. The van der Waals surface area contributed by atoms with Gasteiger partial charge in [-0.25, -0.2) is 15.0 Å². The lowest BCUT2D eigenvalue weighted by Gasteiger charge is -2.34. The van der Waals surface area contributed by atoms with E-state index in [0.717, 1.165) is 42.0 Å². The van der Waals surface area contributed by atoms with Gasteiger partial charge in [0.15, 0.2) is 5.82 Å². The molecule has 31 heavy (non-hydrogen) atoms. The summed E-state index contributed by atoms with van der Waals surface area (Å²) in [6.07, 6.45) is 6.42. The molecule has 1 aromatic carbocycles. The molecule has 6 heteroatoms. The average Bonchev–Trinajstić information content (AvgIpc) is 2.78. The summed E-state index contributed by atoms with van der Waals surface area (Å²) in [5.74, 6) is 2.11. The molecule has 0 bridgehead atoms. The van der Waals surface area contributed by atoms with Crippen LogP contribution in [0.2, 0.25) is 0 Å². The number of carbonyl (C=O) groups is 1. The molecule has 1 fully saturated rings. The molecule has 1 aliphatic heterocycles. The van der Waals surface area contributed by atoms with Gasteiger partial charge < -0.3 is 10.2 Å². The molecule has 1 amide bonds. The van der Waals surface area contributed by atoms with Crippen LogP contribution in [-0.4, -0.2) is 32.3 Å². The zero-order valence-corrected chi connectivity index (χ0v) is 18.0. The molecule has 0 unspecified atom stereocenters. The lowest BCUT2D eigenvalue weighted by Crippen LogP contribution is -2.38. The maximum atomic E-state index is 13.0. The summed E-state index contributed by atoms with van der Waals surface area (Å²) in [4.78, 5) is 28.8. The number of benzene rings is 1. The fourth-order valence-electron chi connectivity index (χ4n) is 3.84. The Kier molecular flexibility index (Phi) is 6.36. The van der Waals surface area contributed by atoms with Crippen LogP contribution in [0.5, 0.6) is 0 Å². The quantitative estimate of drug-likeness (QED) is 0.596. The third-order valence-electron chi connectivity index (χ3n) is 5.32. The van der Waals surface area contributed by atoms with Gasteiger partial charge in [0.05, 0.1) is 6.04 Å². The van der Waals surface area contributed by atoms with Gasteiger partial charge in [-0.05, 0) is 56.9 Å². The molecular weight excluding hydrogens is 386 g/mol. The summed E-state index contributed by atoms with van der Waals surface area (Å²) in [7, 11) is 0. The number of aromatic nitrogens is 3. The Hall–Kier alpha value is -3.54. The highest BCUT2D eigenvalue weighted by atomic mass is 16.2. The minimum atomic E-state index is -0.132. The summed E-state index contributed by atoms with van der Waals surface area (Å²) in [5.41, 5.74) is 2.80. The second-order valence-corrected chi connectivity index (χ2v) is 7.83. The molecule has 1 atom stereocenters. The minimum absolute atomic E-state index is 0.00600. The van der Waals surface area contributed by atoms with E-state index in [4.69, 9.17) is 4.98 Å². The molecule has 4 rings (SSSR count). The number of aryl methyl sites for hydroxylation is 2. The number of hydrogen-bond donors (Lipinski definition) is 1. The van der Waals surface area contributed by atoms with E-state index in [0.29, 0.717) is 18.2 Å². The minimum Gasteiger partial charge on any atom is -0.329 e. The van der Waals surface area contributed by atoms with Gasteiger partial charge in [0, 0.05) is 30.1 Å². The topological polar surface area (TPSA) is 71.0 Å². The highest BCUT2D eigenvalue weighted by molar-refractivity contribution is 5.92. The molecule has 6 nitrogen and oxygen atoms in total. The van der Waals surface area contributed by atoms with Gasteiger partial charge >= 0.3 is 0 Å². The van der Waals surface area contributed by atoms with E-state index in [9.17, 15) is 4.79 Å². The lowest BCUT2D eigenvalue weighted by molar-refractivity contribution is -0.129. The van der Waals surface area contributed by atoms with Gasteiger partial charge in [-0.3, -0.25) is 4.79 Å². The van der Waals surface area contributed by atoms with Gasteiger partial charge in [-0.15, -0.1) is 0 Å². The molecule has 1 saturated heterocycles. The fraction of sp³-hybridized carbons (Fsp3) is 0.280. The van der Waals surface area contributed by atoms with Crippen molar-refractivity contribution in [1.82, 2.24) is 19.9 Å². The maximum Gasteiger partial charge on any atom is 0.247 e. The Morgan fingerprint density at radius 3 is 2.61 bits per heavy atom. The number of piperidine rings is 1. The SMILES string of the molecule is Cc1cccc(Nc2cc(C)nc([C@@H]3CCCCN3C(=O)/C=C/c3ccccc3)n2)n1. The number of nitrogens with zero attached hydrogens (tertiary/aromatic N) is 4. The first-order chi connectivity index (χ1) is 15.1. The van der Waals surface area contributed by atoms with E-state index < -0.39 is 0 Å². The number of pyridine rings is 1. The van der Waals surface area contributed by atoms with E-state index >= 15 is 0 Å². The standard InChI is InChI=1S/C25H27N5O/c1-18-9-8-13-22(26-18)28-23-17-19(2)27-25(29-23)21-12-6-7-16-30(21)24(31)15-14-20-10-4-3-5-11-20/h3-5,8-11,13-15,17,21H,6-7,12,16H2,1-2H3,(H,26,27,28,29)/b15-14+/t21-/m0/s1. The van der Waals surface area contributed by atoms with E-state index in [1.807, 2.05) is 79.4 Å². The average molecular weight is 414 g/mol. The number of amides is 1. The van der Waals surface area contributed by atoms with E-state index in [-0.39, 0.29) is 11.9 Å². The highest BCUT2D eigenvalue weighted by Crippen LogP contribution is 2.30. The van der Waals surface area contributed by atoms with Crippen molar-refractivity contribution in [3.05, 3.63) is 83.4 Å². The molecule has 0 saturated carbocycles. The third kappa shape index (κ3) is 5.34. The van der Waals surface area contributed by atoms with Crippen molar-refractivity contribution in [2.24, 2.45) is 0 Å². The highest BCUT2D eigenvalue weighted by Gasteiger charge is 2.29. The van der Waals surface area contributed by atoms with Crippen LogP contribution in [0.25, 0.3) is 6.08 Å². The predicted octanol–water partition coefficient (Wildman–Crippen LogP) is 5.00. The molecule has 3 heterocycles. The number of rotatable bonds is 5. The summed E-state index contributed by atoms with van der Waals surface area (Å²) in [6.45, 7) is 4.61. The van der Waals surface area contributed by atoms with E-state index in [1.165, 1.54) is 0 Å². The molecule has 0 spiro atoms. The van der Waals surface area contributed by atoms with E-state index in [2.05, 4.69) is 15.3 Å². The Labute approximate surface area is 183 Å². The van der Waals surface area contributed by atoms with Crippen LogP contribution in [0, 0.1) is 13.8 Å². The van der Waals surface area contributed by atoms with Gasteiger partial charge in [-0.2, -0.15) is 0 Å². The number of carbonyl (C=O) groups excluding carboxylic acids is 1. The van der Waals surface area contributed by atoms with Gasteiger partial charge in [0.25, 0.3) is 0 Å². The Morgan fingerprint density at radius 1 is 0.968 bits per heavy atom. The Bertz CT molecular complexity index is 1080. The molecule has 0 aliphatic carbocycles. The van der Waals surface area contributed by atoms with Crippen LogP contribution in [0.3, 0.4) is 0 Å². The van der Waals surface area contributed by atoms with Crippen molar-refractivity contribution in [2.75, 3.05) is 11.9 Å². The maximum absolute atomic E-state index is 13.0. The third-order valence-corrected chi connectivity index (χ3v) is 5.32. The number of likely N-dealkylation sites (tertiary alicyclic amines) is 1. The van der Waals surface area contributed by atoms with Crippen molar-refractivity contribution in [2.45, 2.75) is 39.2 Å². The first-order valence-corrected chi connectivity index (χ1v) is 10.7. The molecule has 1 N–H and O–H groups in total. The van der Waals surface area contributed by atoms with Crippen molar-refractivity contribution in [3.63, 3.8) is 0 Å². The number of nitrogens with one attached hydrogen (secondary N) is 1. The monoisotopic (exact) mass is 413 g/mol. The fourth-order valence-corrected chi connectivity index (χ4v) is 3.84. The van der Waals surface area contributed by atoms with Crippen molar-refractivity contribution in [3.8, 4) is 0 Å².